The van der Waals surface area contributed by atoms with E-state index < -0.39 is 0 Å². The van der Waals surface area contributed by atoms with Crippen LogP contribution in [0.3, 0.4) is 0 Å². The molecule has 2 rings (SSSR count). The van der Waals surface area contributed by atoms with Crippen LogP contribution in [0.5, 0.6) is 5.75 Å². The highest BCUT2D eigenvalue weighted by molar-refractivity contribution is 7.09. The minimum Gasteiger partial charge on any atom is -0.494 e. The summed E-state index contributed by atoms with van der Waals surface area (Å²) < 4.78 is 10.1. The van der Waals surface area contributed by atoms with Crippen molar-refractivity contribution in [2.45, 2.75) is 19.3 Å². The fourth-order valence-electron chi connectivity index (χ4n) is 1.99. The first-order valence-electron chi connectivity index (χ1n) is 7.88. The number of hydrogen-bond acceptors (Lipinski definition) is 7. The molecular weight excluding hydrogens is 342 g/mol. The van der Waals surface area contributed by atoms with Crippen LogP contribution >= 0.6 is 11.3 Å². The molecular formula is C17H21N3O4S. The number of anilines is 1. The molecule has 0 saturated carbocycles. The predicted octanol–water partition coefficient (Wildman–Crippen LogP) is 2.23. The van der Waals surface area contributed by atoms with Gasteiger partial charge in [-0.2, -0.15) is 0 Å². The van der Waals surface area contributed by atoms with Crippen molar-refractivity contribution in [3.8, 4) is 5.75 Å². The molecule has 2 aromatic rings. The van der Waals surface area contributed by atoms with E-state index >= 15 is 0 Å². The maximum absolute atomic E-state index is 12.1. The molecule has 7 nitrogen and oxygen atoms in total. The van der Waals surface area contributed by atoms with E-state index in [1.165, 1.54) is 18.4 Å². The third kappa shape index (κ3) is 6.17. The summed E-state index contributed by atoms with van der Waals surface area (Å²) in [6, 6.07) is 7.02. The number of nitrogens with one attached hydrogen (secondary N) is 1. The van der Waals surface area contributed by atoms with Gasteiger partial charge < -0.3 is 20.5 Å². The Hall–Kier alpha value is -2.45. The van der Waals surface area contributed by atoms with Crippen LogP contribution in [0.1, 0.15) is 28.3 Å². The SMILES string of the molecule is COC(=O)CCCOc1ccc(NC(=O)c2csc(CCN)n2)cc1. The van der Waals surface area contributed by atoms with Crippen LogP contribution in [0, 0.1) is 0 Å². The number of carbonyl (C=O) groups is 2. The summed E-state index contributed by atoms with van der Waals surface area (Å²) in [5.74, 6) is 0.159. The van der Waals surface area contributed by atoms with E-state index in [0.717, 1.165) is 5.01 Å². The minimum absolute atomic E-state index is 0.252. The zero-order valence-corrected chi connectivity index (χ0v) is 14.8. The molecule has 134 valence electrons. The Kier molecular flexibility index (Phi) is 7.36. The van der Waals surface area contributed by atoms with Crippen molar-refractivity contribution in [1.29, 1.82) is 0 Å². The molecule has 1 aromatic carbocycles. The van der Waals surface area contributed by atoms with Gasteiger partial charge in [0, 0.05) is 23.9 Å². The van der Waals surface area contributed by atoms with Crippen LogP contribution in [0.2, 0.25) is 0 Å². The van der Waals surface area contributed by atoms with Gasteiger partial charge in [0.05, 0.1) is 18.7 Å². The lowest BCUT2D eigenvalue weighted by molar-refractivity contribution is -0.140. The molecule has 0 unspecified atom stereocenters. The molecule has 0 radical (unpaired) electrons. The first-order chi connectivity index (χ1) is 12.1. The molecule has 1 heterocycles. The molecule has 1 aromatic heterocycles. The summed E-state index contributed by atoms with van der Waals surface area (Å²) in [5.41, 5.74) is 6.52. The molecule has 0 aliphatic heterocycles. The molecule has 0 aliphatic carbocycles. The van der Waals surface area contributed by atoms with E-state index in [0.29, 0.717) is 49.5 Å². The second-order valence-corrected chi connectivity index (χ2v) is 6.11. The predicted molar refractivity (Wildman–Crippen MR) is 96.0 cm³/mol. The normalized spacial score (nSPS) is 10.3. The van der Waals surface area contributed by atoms with Gasteiger partial charge in [0.2, 0.25) is 0 Å². The Morgan fingerprint density at radius 3 is 2.72 bits per heavy atom. The highest BCUT2D eigenvalue weighted by Gasteiger charge is 2.11. The van der Waals surface area contributed by atoms with Crippen LogP contribution < -0.4 is 15.8 Å². The number of aromatic nitrogens is 1. The van der Waals surface area contributed by atoms with Gasteiger partial charge in [0.1, 0.15) is 11.4 Å². The second kappa shape index (κ2) is 9.75. The summed E-state index contributed by atoms with van der Waals surface area (Å²) in [7, 11) is 1.36. The number of nitrogens with two attached hydrogens (primary N) is 1. The van der Waals surface area contributed by atoms with Gasteiger partial charge in [-0.3, -0.25) is 9.59 Å². The zero-order valence-electron chi connectivity index (χ0n) is 14.0. The number of rotatable bonds is 9. The summed E-state index contributed by atoms with van der Waals surface area (Å²) in [6.07, 6.45) is 1.57. The Balaban J connectivity index is 1.80. The Morgan fingerprint density at radius 2 is 2.04 bits per heavy atom. The number of nitrogens with zero attached hydrogens (tertiary/aromatic N) is 1. The minimum atomic E-state index is -0.258. The number of ether oxygens (including phenoxy) is 2. The molecule has 3 N–H and O–H groups in total. The molecule has 0 bridgehead atoms. The topological polar surface area (TPSA) is 104 Å². The van der Waals surface area contributed by atoms with E-state index in [2.05, 4.69) is 15.0 Å². The highest BCUT2D eigenvalue weighted by Crippen LogP contribution is 2.17. The van der Waals surface area contributed by atoms with Crippen molar-refractivity contribution in [3.63, 3.8) is 0 Å². The number of hydrogen-bond donors (Lipinski definition) is 2. The second-order valence-electron chi connectivity index (χ2n) is 5.17. The average molecular weight is 363 g/mol. The number of carbonyl (C=O) groups excluding carboxylic acids is 2. The van der Waals surface area contributed by atoms with Crippen LogP contribution in [-0.4, -0.2) is 37.1 Å². The maximum Gasteiger partial charge on any atom is 0.305 e. The monoisotopic (exact) mass is 363 g/mol. The number of methoxy groups -OCH3 is 1. The van der Waals surface area contributed by atoms with Crippen molar-refractivity contribution < 1.29 is 19.1 Å². The Bertz CT molecular complexity index is 700. The van der Waals surface area contributed by atoms with Crippen molar-refractivity contribution in [1.82, 2.24) is 4.98 Å². The standard InChI is InChI=1S/C17H21N3O4S/c1-23-16(21)3-2-10-24-13-6-4-12(5-7-13)19-17(22)14-11-25-15(20-14)8-9-18/h4-7,11H,2-3,8-10,18H2,1H3,(H,19,22). The summed E-state index contributed by atoms with van der Waals surface area (Å²) in [4.78, 5) is 27.4. The quantitative estimate of drug-likeness (QED) is 0.523. The summed E-state index contributed by atoms with van der Waals surface area (Å²) in [5, 5.41) is 5.36. The first-order valence-corrected chi connectivity index (χ1v) is 8.76. The van der Waals surface area contributed by atoms with Crippen molar-refractivity contribution in [2.24, 2.45) is 5.73 Å². The smallest absolute Gasteiger partial charge is 0.305 e. The molecule has 0 atom stereocenters. The molecule has 0 fully saturated rings. The Labute approximate surface area is 150 Å². The van der Waals surface area contributed by atoms with Crippen LogP contribution in [0.25, 0.3) is 0 Å². The van der Waals surface area contributed by atoms with Gasteiger partial charge >= 0.3 is 5.97 Å². The third-order valence-electron chi connectivity index (χ3n) is 3.28. The highest BCUT2D eigenvalue weighted by atomic mass is 32.1. The number of esters is 1. The van der Waals surface area contributed by atoms with Gasteiger partial charge in [-0.1, -0.05) is 0 Å². The fraction of sp³-hybridized carbons (Fsp3) is 0.353. The van der Waals surface area contributed by atoms with Gasteiger partial charge in [0.15, 0.2) is 0 Å². The maximum atomic E-state index is 12.1. The third-order valence-corrected chi connectivity index (χ3v) is 4.19. The average Bonchev–Trinajstić information content (AvgIpc) is 3.09. The van der Waals surface area contributed by atoms with Crippen molar-refractivity contribution in [2.75, 3.05) is 25.6 Å². The summed E-state index contributed by atoms with van der Waals surface area (Å²) in [6.45, 7) is 0.930. The first kappa shape index (κ1) is 18.9. The molecule has 0 saturated heterocycles. The molecule has 8 heteroatoms. The molecule has 1 amide bonds. The fourth-order valence-corrected chi connectivity index (χ4v) is 2.79. The van der Waals surface area contributed by atoms with Gasteiger partial charge in [0.25, 0.3) is 5.91 Å². The lowest BCUT2D eigenvalue weighted by atomic mass is 10.3. The molecule has 0 spiro atoms. The van der Waals surface area contributed by atoms with E-state index in [4.69, 9.17) is 10.5 Å². The number of amides is 1. The van der Waals surface area contributed by atoms with Crippen LogP contribution in [-0.2, 0) is 16.0 Å². The van der Waals surface area contributed by atoms with Crippen molar-refractivity contribution >= 4 is 28.9 Å². The largest absolute Gasteiger partial charge is 0.494 e. The van der Waals surface area contributed by atoms with Gasteiger partial charge in [-0.05, 0) is 37.2 Å². The molecule has 0 aliphatic rings. The van der Waals surface area contributed by atoms with E-state index in [-0.39, 0.29) is 11.9 Å². The number of thiazole rings is 1. The van der Waals surface area contributed by atoms with Crippen molar-refractivity contribution in [3.05, 3.63) is 40.3 Å². The zero-order chi connectivity index (χ0) is 18.1. The Morgan fingerprint density at radius 1 is 1.28 bits per heavy atom. The summed E-state index contributed by atoms with van der Waals surface area (Å²) >= 11 is 1.43. The van der Waals surface area contributed by atoms with Crippen LogP contribution in [0.15, 0.2) is 29.6 Å². The van der Waals surface area contributed by atoms with E-state index in [9.17, 15) is 9.59 Å². The molecule has 25 heavy (non-hydrogen) atoms. The lowest BCUT2D eigenvalue weighted by Crippen LogP contribution is -2.12. The van der Waals surface area contributed by atoms with Gasteiger partial charge in [-0.25, -0.2) is 4.98 Å². The number of benzene rings is 1. The van der Waals surface area contributed by atoms with Gasteiger partial charge in [-0.15, -0.1) is 11.3 Å². The van der Waals surface area contributed by atoms with E-state index in [1.807, 2.05) is 0 Å². The van der Waals surface area contributed by atoms with Crippen LogP contribution in [0.4, 0.5) is 5.69 Å². The lowest BCUT2D eigenvalue weighted by Gasteiger charge is -2.07. The van der Waals surface area contributed by atoms with E-state index in [1.54, 1.807) is 29.6 Å².